The Balaban J connectivity index is 2.11. The summed E-state index contributed by atoms with van der Waals surface area (Å²) in [5.74, 6) is 0.237. The van der Waals surface area contributed by atoms with Gasteiger partial charge in [-0.3, -0.25) is 0 Å². The van der Waals surface area contributed by atoms with Crippen molar-refractivity contribution in [2.75, 3.05) is 11.4 Å². The normalized spacial score (nSPS) is 11.6. The first kappa shape index (κ1) is 14.3. The van der Waals surface area contributed by atoms with E-state index in [4.69, 9.17) is 10.9 Å². The number of thiazole rings is 1. The van der Waals surface area contributed by atoms with Crippen LogP contribution in [0.3, 0.4) is 0 Å². The van der Waals surface area contributed by atoms with Crippen LogP contribution < -0.4 is 10.6 Å². The summed E-state index contributed by atoms with van der Waals surface area (Å²) in [5.41, 5.74) is 7.70. The second kappa shape index (κ2) is 6.91. The van der Waals surface area contributed by atoms with E-state index < -0.39 is 0 Å². The number of rotatable bonds is 6. The summed E-state index contributed by atoms with van der Waals surface area (Å²) in [6.07, 6.45) is 0.510. The van der Waals surface area contributed by atoms with Gasteiger partial charge in [-0.05, 0) is 19.1 Å². The SMILES string of the molecule is Cc1csc(CN(CC/C(N)=N/O)c2ccccc2)n1. The maximum Gasteiger partial charge on any atom is 0.140 e. The molecule has 1 heterocycles. The van der Waals surface area contributed by atoms with Crippen LogP contribution in [0.1, 0.15) is 17.1 Å². The molecule has 0 fully saturated rings. The minimum Gasteiger partial charge on any atom is -0.409 e. The van der Waals surface area contributed by atoms with Crippen molar-refractivity contribution in [1.29, 1.82) is 0 Å². The molecule has 1 aromatic carbocycles. The summed E-state index contributed by atoms with van der Waals surface area (Å²) in [7, 11) is 0. The number of nitrogens with two attached hydrogens (primary N) is 1. The number of aromatic nitrogens is 1. The highest BCUT2D eigenvalue weighted by Crippen LogP contribution is 2.19. The standard InChI is InChI=1S/C14H18N4OS/c1-11-10-20-14(16-11)9-18(8-7-13(15)17-19)12-5-3-2-4-6-12/h2-6,10,19H,7-9H2,1H3,(H2,15,17). The van der Waals surface area contributed by atoms with Gasteiger partial charge in [-0.1, -0.05) is 23.4 Å². The van der Waals surface area contributed by atoms with E-state index in [1.807, 2.05) is 42.6 Å². The Morgan fingerprint density at radius 3 is 2.75 bits per heavy atom. The molecule has 0 aliphatic heterocycles. The molecule has 0 saturated carbocycles. The van der Waals surface area contributed by atoms with Crippen molar-refractivity contribution in [2.45, 2.75) is 19.9 Å². The predicted molar refractivity (Wildman–Crippen MR) is 82.4 cm³/mol. The number of amidine groups is 1. The van der Waals surface area contributed by atoms with Crippen molar-refractivity contribution in [3.8, 4) is 0 Å². The third-order valence-corrected chi connectivity index (χ3v) is 3.83. The Morgan fingerprint density at radius 1 is 1.40 bits per heavy atom. The van der Waals surface area contributed by atoms with Crippen molar-refractivity contribution < 1.29 is 5.21 Å². The van der Waals surface area contributed by atoms with E-state index >= 15 is 0 Å². The third kappa shape index (κ3) is 3.96. The highest BCUT2D eigenvalue weighted by atomic mass is 32.1. The van der Waals surface area contributed by atoms with Gasteiger partial charge in [0.05, 0.1) is 6.54 Å². The Kier molecular flexibility index (Phi) is 4.95. The minimum atomic E-state index is 0.237. The number of anilines is 1. The number of hydrogen-bond acceptors (Lipinski definition) is 5. The maximum absolute atomic E-state index is 8.65. The van der Waals surface area contributed by atoms with E-state index in [1.165, 1.54) is 0 Å². The molecule has 0 unspecified atom stereocenters. The number of para-hydroxylation sites is 1. The molecule has 20 heavy (non-hydrogen) atoms. The molecular weight excluding hydrogens is 272 g/mol. The zero-order valence-electron chi connectivity index (χ0n) is 11.4. The van der Waals surface area contributed by atoms with E-state index in [0.717, 1.165) is 22.9 Å². The molecule has 0 aliphatic rings. The van der Waals surface area contributed by atoms with Crippen LogP contribution in [0.5, 0.6) is 0 Å². The number of aryl methyl sites for hydroxylation is 1. The highest BCUT2D eigenvalue weighted by Gasteiger charge is 2.10. The van der Waals surface area contributed by atoms with Crippen LogP contribution in [-0.4, -0.2) is 22.6 Å². The van der Waals surface area contributed by atoms with Gasteiger partial charge in [0.15, 0.2) is 0 Å². The number of benzene rings is 1. The molecule has 2 aromatic rings. The first-order chi connectivity index (χ1) is 9.69. The lowest BCUT2D eigenvalue weighted by atomic mass is 10.2. The average molecular weight is 290 g/mol. The Labute approximate surface area is 122 Å². The van der Waals surface area contributed by atoms with Gasteiger partial charge in [0, 0.05) is 29.7 Å². The smallest absolute Gasteiger partial charge is 0.140 e. The molecule has 6 heteroatoms. The largest absolute Gasteiger partial charge is 0.409 e. The van der Waals surface area contributed by atoms with E-state index in [9.17, 15) is 0 Å². The fourth-order valence-corrected chi connectivity index (χ4v) is 2.66. The van der Waals surface area contributed by atoms with Gasteiger partial charge in [-0.25, -0.2) is 4.98 Å². The number of hydrogen-bond donors (Lipinski definition) is 2. The monoisotopic (exact) mass is 290 g/mol. The average Bonchev–Trinajstić information content (AvgIpc) is 2.89. The summed E-state index contributed by atoms with van der Waals surface area (Å²) >= 11 is 1.65. The Bertz CT molecular complexity index is 568. The molecular formula is C14H18N4OS. The van der Waals surface area contributed by atoms with Crippen molar-refractivity contribution >= 4 is 22.9 Å². The summed E-state index contributed by atoms with van der Waals surface area (Å²) in [6, 6.07) is 10.1. The molecule has 3 N–H and O–H groups in total. The van der Waals surface area contributed by atoms with E-state index in [1.54, 1.807) is 11.3 Å². The van der Waals surface area contributed by atoms with Crippen molar-refractivity contribution in [1.82, 2.24) is 4.98 Å². The van der Waals surface area contributed by atoms with E-state index in [2.05, 4.69) is 15.0 Å². The predicted octanol–water partition coefficient (Wildman–Crippen LogP) is 2.59. The lowest BCUT2D eigenvalue weighted by molar-refractivity contribution is 0.317. The molecule has 106 valence electrons. The summed E-state index contributed by atoms with van der Waals surface area (Å²) in [5, 5.41) is 14.8. The van der Waals surface area contributed by atoms with E-state index in [0.29, 0.717) is 13.0 Å². The molecule has 0 radical (unpaired) electrons. The van der Waals surface area contributed by atoms with Gasteiger partial charge in [0.2, 0.25) is 0 Å². The Hall–Kier alpha value is -2.08. The topological polar surface area (TPSA) is 74.7 Å². The molecule has 0 spiro atoms. The zero-order valence-corrected chi connectivity index (χ0v) is 12.2. The molecule has 1 aromatic heterocycles. The summed E-state index contributed by atoms with van der Waals surface area (Å²) < 4.78 is 0. The van der Waals surface area contributed by atoms with Crippen LogP contribution in [0.15, 0.2) is 40.9 Å². The quantitative estimate of drug-likeness (QED) is 0.371. The molecule has 0 aliphatic carbocycles. The lowest BCUT2D eigenvalue weighted by Crippen LogP contribution is -2.27. The second-order valence-electron chi connectivity index (χ2n) is 4.48. The third-order valence-electron chi connectivity index (χ3n) is 2.88. The molecule has 0 atom stereocenters. The van der Waals surface area contributed by atoms with Crippen molar-refractivity contribution in [2.24, 2.45) is 10.9 Å². The van der Waals surface area contributed by atoms with Crippen LogP contribution in [-0.2, 0) is 6.54 Å². The van der Waals surface area contributed by atoms with Crippen LogP contribution in [0.25, 0.3) is 0 Å². The van der Waals surface area contributed by atoms with Crippen LogP contribution in [0.2, 0.25) is 0 Å². The highest BCUT2D eigenvalue weighted by molar-refractivity contribution is 7.09. The molecule has 0 saturated heterocycles. The number of oxime groups is 1. The zero-order chi connectivity index (χ0) is 14.4. The maximum atomic E-state index is 8.65. The molecule has 5 nitrogen and oxygen atoms in total. The fraction of sp³-hybridized carbons (Fsp3) is 0.286. The van der Waals surface area contributed by atoms with Gasteiger partial charge in [-0.15, -0.1) is 11.3 Å². The molecule has 0 bridgehead atoms. The first-order valence-corrected chi connectivity index (χ1v) is 7.24. The first-order valence-electron chi connectivity index (χ1n) is 6.36. The van der Waals surface area contributed by atoms with Gasteiger partial charge in [0.1, 0.15) is 10.8 Å². The summed E-state index contributed by atoms with van der Waals surface area (Å²) in [6.45, 7) is 3.39. The molecule has 2 rings (SSSR count). The van der Waals surface area contributed by atoms with E-state index in [-0.39, 0.29) is 5.84 Å². The van der Waals surface area contributed by atoms with Gasteiger partial charge in [0.25, 0.3) is 0 Å². The van der Waals surface area contributed by atoms with Gasteiger partial charge in [-0.2, -0.15) is 0 Å². The Morgan fingerprint density at radius 2 is 2.15 bits per heavy atom. The number of nitrogens with zero attached hydrogens (tertiary/aromatic N) is 3. The van der Waals surface area contributed by atoms with Crippen molar-refractivity contribution in [3.63, 3.8) is 0 Å². The minimum absolute atomic E-state index is 0.237. The lowest BCUT2D eigenvalue weighted by Gasteiger charge is -2.23. The molecule has 0 amide bonds. The van der Waals surface area contributed by atoms with Gasteiger partial charge >= 0.3 is 0 Å². The van der Waals surface area contributed by atoms with Crippen molar-refractivity contribution in [3.05, 3.63) is 46.4 Å². The van der Waals surface area contributed by atoms with Crippen LogP contribution in [0.4, 0.5) is 5.69 Å². The van der Waals surface area contributed by atoms with Gasteiger partial charge < -0.3 is 15.8 Å². The van der Waals surface area contributed by atoms with Crippen LogP contribution in [0, 0.1) is 6.92 Å². The summed E-state index contributed by atoms with van der Waals surface area (Å²) in [4.78, 5) is 6.67. The fourth-order valence-electron chi connectivity index (χ4n) is 1.88. The van der Waals surface area contributed by atoms with Crippen LogP contribution >= 0.6 is 11.3 Å². The second-order valence-corrected chi connectivity index (χ2v) is 5.42.